The van der Waals surface area contributed by atoms with Gasteiger partial charge in [-0.25, -0.2) is 4.98 Å². The molecule has 1 aromatic heterocycles. The van der Waals surface area contributed by atoms with Gasteiger partial charge in [0.15, 0.2) is 0 Å². The van der Waals surface area contributed by atoms with Gasteiger partial charge in [-0.2, -0.15) is 0 Å². The number of nitrogens with one attached hydrogen (secondary N) is 1. The van der Waals surface area contributed by atoms with Gasteiger partial charge in [-0.15, -0.1) is 0 Å². The number of anilines is 1. The first-order chi connectivity index (χ1) is 8.68. The number of nitro groups is 1. The van der Waals surface area contributed by atoms with Crippen molar-refractivity contribution in [3.8, 4) is 0 Å². The zero-order valence-electron chi connectivity index (χ0n) is 9.34. The number of pyridine rings is 1. The molecule has 0 aliphatic carbocycles. The second-order valence-electron chi connectivity index (χ2n) is 3.59. The lowest BCUT2D eigenvalue weighted by Crippen LogP contribution is -2.04. The van der Waals surface area contributed by atoms with E-state index in [4.69, 9.17) is 0 Å². The van der Waals surface area contributed by atoms with Crippen LogP contribution in [0, 0.1) is 10.1 Å². The predicted molar refractivity (Wildman–Crippen MR) is 72.4 cm³/mol. The van der Waals surface area contributed by atoms with Gasteiger partial charge in [0.1, 0.15) is 4.47 Å². The van der Waals surface area contributed by atoms with Crippen molar-refractivity contribution >= 4 is 27.4 Å². The van der Waals surface area contributed by atoms with Gasteiger partial charge in [0.05, 0.1) is 4.92 Å². The number of hydrogen-bond acceptors (Lipinski definition) is 4. The third kappa shape index (κ3) is 2.84. The summed E-state index contributed by atoms with van der Waals surface area (Å²) in [4.78, 5) is 14.5. The van der Waals surface area contributed by atoms with Crippen LogP contribution in [0.1, 0.15) is 5.56 Å². The Morgan fingerprint density at radius 1 is 1.28 bits per heavy atom. The largest absolute Gasteiger partial charge is 0.360 e. The van der Waals surface area contributed by atoms with Crippen molar-refractivity contribution in [2.45, 2.75) is 6.54 Å². The van der Waals surface area contributed by atoms with Crippen LogP contribution in [0.4, 0.5) is 11.5 Å². The molecule has 0 bridgehead atoms. The molecule has 18 heavy (non-hydrogen) atoms. The monoisotopic (exact) mass is 307 g/mol. The van der Waals surface area contributed by atoms with Crippen LogP contribution in [0.15, 0.2) is 47.1 Å². The van der Waals surface area contributed by atoms with Crippen LogP contribution < -0.4 is 5.32 Å². The van der Waals surface area contributed by atoms with E-state index in [1.807, 2.05) is 30.3 Å². The fraction of sp³-hybridized carbons (Fsp3) is 0.0833. The number of aromatic nitrogens is 1. The second kappa shape index (κ2) is 5.59. The van der Waals surface area contributed by atoms with E-state index in [2.05, 4.69) is 26.2 Å². The van der Waals surface area contributed by atoms with Gasteiger partial charge >= 0.3 is 5.69 Å². The summed E-state index contributed by atoms with van der Waals surface area (Å²) in [6.45, 7) is 0.491. The molecule has 0 saturated heterocycles. The molecule has 0 fully saturated rings. The fourth-order valence-corrected chi connectivity index (χ4v) is 1.97. The van der Waals surface area contributed by atoms with Crippen LogP contribution in [-0.4, -0.2) is 9.91 Å². The lowest BCUT2D eigenvalue weighted by molar-refractivity contribution is -0.385. The van der Waals surface area contributed by atoms with Gasteiger partial charge in [0.2, 0.25) is 5.82 Å². The van der Waals surface area contributed by atoms with Crippen LogP contribution >= 0.6 is 15.9 Å². The van der Waals surface area contributed by atoms with Gasteiger partial charge in [-0.1, -0.05) is 30.3 Å². The van der Waals surface area contributed by atoms with Crippen LogP contribution in [0.2, 0.25) is 0 Å². The molecule has 0 spiro atoms. The van der Waals surface area contributed by atoms with Crippen LogP contribution in [0.5, 0.6) is 0 Å². The molecule has 0 aliphatic rings. The van der Waals surface area contributed by atoms with E-state index >= 15 is 0 Å². The minimum Gasteiger partial charge on any atom is -0.360 e. The Balaban J connectivity index is 2.20. The summed E-state index contributed by atoms with van der Waals surface area (Å²) < 4.78 is 0.415. The third-order valence-electron chi connectivity index (χ3n) is 2.36. The first kappa shape index (κ1) is 12.5. The maximum Gasteiger partial charge on any atom is 0.325 e. The van der Waals surface area contributed by atoms with Crippen LogP contribution in [0.25, 0.3) is 0 Å². The van der Waals surface area contributed by atoms with Crippen molar-refractivity contribution < 1.29 is 4.92 Å². The SMILES string of the molecule is O=[N+]([O-])c1c(Br)ccnc1NCc1ccccc1. The van der Waals surface area contributed by atoms with Gasteiger partial charge in [0.25, 0.3) is 0 Å². The maximum atomic E-state index is 10.9. The molecule has 0 saturated carbocycles. The zero-order chi connectivity index (χ0) is 13.0. The Morgan fingerprint density at radius 2 is 2.00 bits per heavy atom. The average molecular weight is 308 g/mol. The van der Waals surface area contributed by atoms with E-state index in [-0.39, 0.29) is 11.5 Å². The highest BCUT2D eigenvalue weighted by Crippen LogP contribution is 2.30. The number of benzene rings is 1. The summed E-state index contributed by atoms with van der Waals surface area (Å²) in [5.74, 6) is 0.262. The summed E-state index contributed by atoms with van der Waals surface area (Å²) in [7, 11) is 0. The molecule has 0 unspecified atom stereocenters. The lowest BCUT2D eigenvalue weighted by atomic mass is 10.2. The second-order valence-corrected chi connectivity index (χ2v) is 4.44. The molecule has 92 valence electrons. The van der Waals surface area contributed by atoms with Crippen molar-refractivity contribution in [2.24, 2.45) is 0 Å². The lowest BCUT2D eigenvalue weighted by Gasteiger charge is -2.06. The van der Waals surface area contributed by atoms with E-state index in [9.17, 15) is 10.1 Å². The highest BCUT2D eigenvalue weighted by Gasteiger charge is 2.19. The summed E-state index contributed by atoms with van der Waals surface area (Å²) in [6, 6.07) is 11.2. The van der Waals surface area contributed by atoms with Gasteiger partial charge in [-0.3, -0.25) is 10.1 Å². The number of hydrogen-bond donors (Lipinski definition) is 1. The highest BCUT2D eigenvalue weighted by molar-refractivity contribution is 9.10. The molecule has 0 radical (unpaired) electrons. The Hall–Kier alpha value is -1.95. The van der Waals surface area contributed by atoms with Gasteiger partial charge < -0.3 is 5.32 Å². The molecule has 6 heteroatoms. The number of nitrogens with zero attached hydrogens (tertiary/aromatic N) is 2. The van der Waals surface area contributed by atoms with Crippen LogP contribution in [-0.2, 0) is 6.54 Å². The number of rotatable bonds is 4. The molecule has 2 aromatic rings. The normalized spacial score (nSPS) is 10.1. The standard InChI is InChI=1S/C12H10BrN3O2/c13-10-6-7-14-12(11(10)16(17)18)15-8-9-4-2-1-3-5-9/h1-7H,8H2,(H,14,15). The molecule has 0 atom stereocenters. The van der Waals surface area contributed by atoms with Gasteiger partial charge in [-0.05, 0) is 27.6 Å². The predicted octanol–water partition coefficient (Wildman–Crippen LogP) is 3.36. The van der Waals surface area contributed by atoms with Crippen molar-refractivity contribution in [2.75, 3.05) is 5.32 Å². The van der Waals surface area contributed by atoms with Crippen LogP contribution in [0.3, 0.4) is 0 Å². The Bertz CT molecular complexity index is 561. The van der Waals surface area contributed by atoms with E-state index in [1.54, 1.807) is 6.07 Å². The van der Waals surface area contributed by atoms with Crippen molar-refractivity contribution in [1.82, 2.24) is 4.98 Å². The highest BCUT2D eigenvalue weighted by atomic mass is 79.9. The topological polar surface area (TPSA) is 68.1 Å². The molecule has 1 heterocycles. The molecule has 1 N–H and O–H groups in total. The summed E-state index contributed by atoms with van der Waals surface area (Å²) in [6.07, 6.45) is 1.52. The van der Waals surface area contributed by atoms with E-state index in [0.29, 0.717) is 11.0 Å². The summed E-state index contributed by atoms with van der Waals surface area (Å²) >= 11 is 3.15. The molecular weight excluding hydrogens is 298 g/mol. The van der Waals surface area contributed by atoms with E-state index in [1.165, 1.54) is 6.20 Å². The fourth-order valence-electron chi connectivity index (χ4n) is 1.52. The van der Waals surface area contributed by atoms with E-state index < -0.39 is 4.92 Å². The first-order valence-corrected chi connectivity index (χ1v) is 6.04. The first-order valence-electron chi connectivity index (χ1n) is 5.25. The Labute approximate surface area is 112 Å². The van der Waals surface area contributed by atoms with Crippen molar-refractivity contribution in [1.29, 1.82) is 0 Å². The summed E-state index contributed by atoms with van der Waals surface area (Å²) in [5.41, 5.74) is 0.988. The molecular formula is C12H10BrN3O2. The Morgan fingerprint density at radius 3 is 2.67 bits per heavy atom. The smallest absolute Gasteiger partial charge is 0.325 e. The summed E-state index contributed by atoms with van der Waals surface area (Å²) in [5, 5.41) is 13.9. The molecule has 1 aromatic carbocycles. The minimum absolute atomic E-state index is 0.0477. The zero-order valence-corrected chi connectivity index (χ0v) is 10.9. The molecule has 0 aliphatic heterocycles. The van der Waals surface area contributed by atoms with Crippen molar-refractivity contribution in [3.63, 3.8) is 0 Å². The molecule has 0 amide bonds. The quantitative estimate of drug-likeness (QED) is 0.694. The van der Waals surface area contributed by atoms with Gasteiger partial charge in [0, 0.05) is 12.7 Å². The Kier molecular flexibility index (Phi) is 3.88. The average Bonchev–Trinajstić information content (AvgIpc) is 2.37. The minimum atomic E-state index is -0.454. The van der Waals surface area contributed by atoms with E-state index in [0.717, 1.165) is 5.56 Å². The maximum absolute atomic E-state index is 10.9. The van der Waals surface area contributed by atoms with Crippen molar-refractivity contribution in [3.05, 3.63) is 62.7 Å². The molecule has 2 rings (SSSR count). The number of halogens is 1. The third-order valence-corrected chi connectivity index (χ3v) is 3.00. The molecule has 5 nitrogen and oxygen atoms in total.